The largest absolute Gasteiger partial charge is 0.355 e. The minimum atomic E-state index is 0.106. The van der Waals surface area contributed by atoms with E-state index in [1.165, 1.54) is 11.1 Å². The number of amides is 1. The van der Waals surface area contributed by atoms with Gasteiger partial charge in [0.25, 0.3) is 0 Å². The maximum Gasteiger partial charge on any atom is 0.223 e. The lowest BCUT2D eigenvalue weighted by atomic mass is 9.95. The van der Waals surface area contributed by atoms with Gasteiger partial charge in [0.1, 0.15) is 0 Å². The number of carbonyl (C=O) groups excluding carboxylic acids is 1. The Hall–Kier alpha value is -1.20. The molecule has 0 unspecified atom stereocenters. The van der Waals surface area contributed by atoms with Crippen molar-refractivity contribution in [3.8, 4) is 0 Å². The number of aryl methyl sites for hydroxylation is 1. The van der Waals surface area contributed by atoms with Crippen molar-refractivity contribution >= 4 is 40.9 Å². The SMILES string of the molecule is Cc1cccc(CSCCNC(=O)C2CCN(Cc3c(Cl)cccc3Cl)CC2)c1. The van der Waals surface area contributed by atoms with E-state index in [4.69, 9.17) is 23.2 Å². The Morgan fingerprint density at radius 1 is 1.14 bits per heavy atom. The molecule has 0 atom stereocenters. The number of nitrogens with zero attached hydrogens (tertiary/aromatic N) is 1. The zero-order valence-corrected chi connectivity index (χ0v) is 19.1. The molecule has 156 valence electrons. The van der Waals surface area contributed by atoms with Gasteiger partial charge in [-0.1, -0.05) is 59.1 Å². The second-order valence-corrected chi connectivity index (χ2v) is 9.50. The van der Waals surface area contributed by atoms with Crippen molar-refractivity contribution in [3.05, 3.63) is 69.2 Å². The lowest BCUT2D eigenvalue weighted by Crippen LogP contribution is -2.40. The van der Waals surface area contributed by atoms with Gasteiger partial charge in [-0.3, -0.25) is 9.69 Å². The average molecular weight is 451 g/mol. The average Bonchev–Trinajstić information content (AvgIpc) is 2.71. The Kier molecular flexibility index (Phi) is 8.73. The van der Waals surface area contributed by atoms with Gasteiger partial charge in [0.2, 0.25) is 5.91 Å². The first-order chi connectivity index (χ1) is 14.0. The number of likely N-dealkylation sites (tertiary alicyclic amines) is 1. The third-order valence-electron chi connectivity index (χ3n) is 5.30. The van der Waals surface area contributed by atoms with Crippen LogP contribution in [0.15, 0.2) is 42.5 Å². The summed E-state index contributed by atoms with van der Waals surface area (Å²) >= 11 is 14.4. The molecule has 2 aromatic carbocycles. The van der Waals surface area contributed by atoms with Gasteiger partial charge < -0.3 is 5.32 Å². The van der Waals surface area contributed by atoms with Crippen LogP contribution in [0.1, 0.15) is 29.5 Å². The van der Waals surface area contributed by atoms with E-state index in [1.807, 2.05) is 30.0 Å². The molecule has 1 aliphatic heterocycles. The molecular formula is C23H28Cl2N2OS. The highest BCUT2D eigenvalue weighted by Gasteiger charge is 2.25. The standard InChI is InChI=1S/C23H28Cl2N2OS/c1-17-4-2-5-18(14-17)16-29-13-10-26-23(28)19-8-11-27(12-9-19)15-20-21(24)6-3-7-22(20)25/h2-7,14,19H,8-13,15-16H2,1H3,(H,26,28). The molecule has 1 saturated heterocycles. The van der Waals surface area contributed by atoms with Crippen molar-refractivity contribution in [2.75, 3.05) is 25.4 Å². The van der Waals surface area contributed by atoms with Crippen LogP contribution in [0, 0.1) is 12.8 Å². The Morgan fingerprint density at radius 3 is 2.52 bits per heavy atom. The van der Waals surface area contributed by atoms with E-state index in [0.29, 0.717) is 10.0 Å². The molecule has 1 N–H and O–H groups in total. The molecule has 0 aliphatic carbocycles. The number of halogens is 2. The fraction of sp³-hybridized carbons (Fsp3) is 0.435. The first kappa shape index (κ1) is 22.5. The third kappa shape index (κ3) is 6.92. The summed E-state index contributed by atoms with van der Waals surface area (Å²) in [7, 11) is 0. The summed E-state index contributed by atoms with van der Waals surface area (Å²) in [5.41, 5.74) is 3.61. The van der Waals surface area contributed by atoms with Gasteiger partial charge in [-0.05, 0) is 50.6 Å². The Bertz CT molecular complexity index is 802. The Balaban J connectivity index is 1.33. The van der Waals surface area contributed by atoms with E-state index in [-0.39, 0.29) is 11.8 Å². The molecule has 1 fully saturated rings. The number of thioether (sulfide) groups is 1. The fourth-order valence-electron chi connectivity index (χ4n) is 3.64. The van der Waals surface area contributed by atoms with E-state index in [1.54, 1.807) is 0 Å². The molecule has 0 bridgehead atoms. The number of nitrogens with one attached hydrogen (secondary N) is 1. The molecule has 6 heteroatoms. The summed E-state index contributed by atoms with van der Waals surface area (Å²) in [6.07, 6.45) is 1.76. The third-order valence-corrected chi connectivity index (χ3v) is 7.04. The molecule has 3 nitrogen and oxygen atoms in total. The normalized spacial score (nSPS) is 15.4. The first-order valence-corrected chi connectivity index (χ1v) is 12.0. The van der Waals surface area contributed by atoms with Gasteiger partial charge >= 0.3 is 0 Å². The number of piperidine rings is 1. The van der Waals surface area contributed by atoms with Crippen LogP contribution in [0.25, 0.3) is 0 Å². The van der Waals surface area contributed by atoms with E-state index < -0.39 is 0 Å². The Morgan fingerprint density at radius 2 is 1.83 bits per heavy atom. The van der Waals surface area contributed by atoms with Crippen molar-refractivity contribution in [2.45, 2.75) is 32.1 Å². The number of hydrogen-bond acceptors (Lipinski definition) is 3. The number of benzene rings is 2. The molecule has 0 radical (unpaired) electrons. The van der Waals surface area contributed by atoms with Gasteiger partial charge in [0, 0.05) is 46.1 Å². The van der Waals surface area contributed by atoms with Crippen LogP contribution in [0.4, 0.5) is 0 Å². The highest BCUT2D eigenvalue weighted by Crippen LogP contribution is 2.27. The van der Waals surface area contributed by atoms with E-state index >= 15 is 0 Å². The number of rotatable bonds is 8. The quantitative estimate of drug-likeness (QED) is 0.533. The number of carbonyl (C=O) groups is 1. The van der Waals surface area contributed by atoms with Gasteiger partial charge in [-0.2, -0.15) is 11.8 Å². The summed E-state index contributed by atoms with van der Waals surface area (Å²) in [4.78, 5) is 14.8. The van der Waals surface area contributed by atoms with Crippen LogP contribution >= 0.6 is 35.0 Å². The van der Waals surface area contributed by atoms with Gasteiger partial charge in [0.05, 0.1) is 0 Å². The molecule has 0 saturated carbocycles. The smallest absolute Gasteiger partial charge is 0.223 e. The van der Waals surface area contributed by atoms with E-state index in [2.05, 4.69) is 41.4 Å². The summed E-state index contributed by atoms with van der Waals surface area (Å²) in [6.45, 7) is 5.36. The first-order valence-electron chi connectivity index (χ1n) is 10.1. The zero-order chi connectivity index (χ0) is 20.6. The molecule has 3 rings (SSSR count). The lowest BCUT2D eigenvalue weighted by Gasteiger charge is -2.31. The predicted molar refractivity (Wildman–Crippen MR) is 125 cm³/mol. The van der Waals surface area contributed by atoms with Crippen LogP contribution in [0.2, 0.25) is 10.0 Å². The minimum Gasteiger partial charge on any atom is -0.355 e. The maximum absolute atomic E-state index is 12.5. The van der Waals surface area contributed by atoms with Crippen molar-refractivity contribution in [1.29, 1.82) is 0 Å². The molecule has 2 aromatic rings. The second-order valence-electron chi connectivity index (χ2n) is 7.58. The van der Waals surface area contributed by atoms with Crippen LogP contribution in [0.3, 0.4) is 0 Å². The van der Waals surface area contributed by atoms with Crippen LogP contribution in [-0.4, -0.2) is 36.2 Å². The van der Waals surface area contributed by atoms with Gasteiger partial charge in [0.15, 0.2) is 0 Å². The molecule has 29 heavy (non-hydrogen) atoms. The van der Waals surface area contributed by atoms with Crippen LogP contribution in [-0.2, 0) is 17.1 Å². The number of hydrogen-bond donors (Lipinski definition) is 1. The minimum absolute atomic E-state index is 0.106. The summed E-state index contributed by atoms with van der Waals surface area (Å²) in [5, 5.41) is 4.53. The highest BCUT2D eigenvalue weighted by atomic mass is 35.5. The fourth-order valence-corrected chi connectivity index (χ4v) is 4.97. The predicted octanol–water partition coefficient (Wildman–Crippen LogP) is 5.56. The van der Waals surface area contributed by atoms with Crippen LogP contribution < -0.4 is 5.32 Å². The maximum atomic E-state index is 12.5. The summed E-state index contributed by atoms with van der Waals surface area (Å²) in [6, 6.07) is 14.2. The molecule has 1 heterocycles. The lowest BCUT2D eigenvalue weighted by molar-refractivity contribution is -0.126. The van der Waals surface area contributed by atoms with Gasteiger partial charge in [-0.25, -0.2) is 0 Å². The second kappa shape index (κ2) is 11.3. The molecule has 0 spiro atoms. The van der Waals surface area contributed by atoms with Crippen molar-refractivity contribution in [2.24, 2.45) is 5.92 Å². The summed E-state index contributed by atoms with van der Waals surface area (Å²) < 4.78 is 0. The molecular weight excluding hydrogens is 423 g/mol. The van der Waals surface area contributed by atoms with E-state index in [0.717, 1.165) is 56.1 Å². The molecule has 1 amide bonds. The monoisotopic (exact) mass is 450 g/mol. The van der Waals surface area contributed by atoms with Gasteiger partial charge in [-0.15, -0.1) is 0 Å². The highest BCUT2D eigenvalue weighted by molar-refractivity contribution is 7.98. The zero-order valence-electron chi connectivity index (χ0n) is 16.8. The molecule has 1 aliphatic rings. The van der Waals surface area contributed by atoms with E-state index in [9.17, 15) is 4.79 Å². The summed E-state index contributed by atoms with van der Waals surface area (Å²) in [5.74, 6) is 2.22. The van der Waals surface area contributed by atoms with Crippen molar-refractivity contribution < 1.29 is 4.79 Å². The van der Waals surface area contributed by atoms with Crippen LogP contribution in [0.5, 0.6) is 0 Å². The van der Waals surface area contributed by atoms with Crippen molar-refractivity contribution in [3.63, 3.8) is 0 Å². The molecule has 0 aromatic heterocycles. The van der Waals surface area contributed by atoms with Crippen molar-refractivity contribution in [1.82, 2.24) is 10.2 Å². The Labute approximate surface area is 188 Å². The topological polar surface area (TPSA) is 32.3 Å².